The second-order valence-corrected chi connectivity index (χ2v) is 6.43. The normalized spacial score (nSPS) is 23.3. The molecule has 1 aromatic rings. The van der Waals surface area contributed by atoms with Crippen molar-refractivity contribution >= 4 is 11.9 Å². The molecule has 1 fully saturated rings. The molecule has 0 bridgehead atoms. The average Bonchev–Trinajstić information content (AvgIpc) is 3.13. The van der Waals surface area contributed by atoms with Gasteiger partial charge in [0.25, 0.3) is 5.91 Å². The minimum Gasteiger partial charge on any atom is -0.466 e. The van der Waals surface area contributed by atoms with E-state index in [2.05, 4.69) is 10.3 Å². The maximum Gasteiger partial charge on any atom is 0.310 e. The summed E-state index contributed by atoms with van der Waals surface area (Å²) in [6.45, 7) is 3.93. The van der Waals surface area contributed by atoms with Gasteiger partial charge in [-0.15, -0.1) is 0 Å². The number of nitrogens with zero attached hydrogens (tertiary/aromatic N) is 2. The van der Waals surface area contributed by atoms with Crippen LogP contribution in [0, 0.1) is 5.92 Å². The van der Waals surface area contributed by atoms with Gasteiger partial charge in [0.05, 0.1) is 25.1 Å². The topological polar surface area (TPSA) is 61.9 Å². The summed E-state index contributed by atoms with van der Waals surface area (Å²) in [5, 5.41) is 1.66. The lowest BCUT2D eigenvalue weighted by molar-refractivity contribution is -0.151. The van der Waals surface area contributed by atoms with Crippen molar-refractivity contribution in [3.05, 3.63) is 48.2 Å². The van der Waals surface area contributed by atoms with Crippen molar-refractivity contribution in [2.24, 2.45) is 5.92 Å². The molecule has 25 heavy (non-hydrogen) atoms. The zero-order valence-electron chi connectivity index (χ0n) is 14.6. The van der Waals surface area contributed by atoms with Gasteiger partial charge in [0.1, 0.15) is 0 Å². The molecule has 2 unspecified atom stereocenters. The first kappa shape index (κ1) is 17.5. The van der Waals surface area contributed by atoms with E-state index in [-0.39, 0.29) is 23.8 Å². The SMILES string of the molecule is CCOC(=O)C1CCCN(CC(=O)N2NC=CC2c2ccccc2)C1. The number of amides is 1. The van der Waals surface area contributed by atoms with E-state index in [1.165, 1.54) is 0 Å². The fraction of sp³-hybridized carbons (Fsp3) is 0.474. The summed E-state index contributed by atoms with van der Waals surface area (Å²) in [5.41, 5.74) is 4.10. The van der Waals surface area contributed by atoms with Crippen LogP contribution in [0.4, 0.5) is 0 Å². The van der Waals surface area contributed by atoms with Crippen LogP contribution < -0.4 is 5.43 Å². The summed E-state index contributed by atoms with van der Waals surface area (Å²) in [4.78, 5) is 26.8. The highest BCUT2D eigenvalue weighted by Gasteiger charge is 2.31. The molecule has 2 aliphatic heterocycles. The summed E-state index contributed by atoms with van der Waals surface area (Å²) in [6, 6.07) is 9.84. The molecule has 1 N–H and O–H groups in total. The van der Waals surface area contributed by atoms with E-state index >= 15 is 0 Å². The molecule has 2 atom stereocenters. The highest BCUT2D eigenvalue weighted by molar-refractivity contribution is 5.79. The van der Waals surface area contributed by atoms with E-state index < -0.39 is 0 Å². The summed E-state index contributed by atoms with van der Waals surface area (Å²) >= 11 is 0. The van der Waals surface area contributed by atoms with Crippen molar-refractivity contribution in [2.45, 2.75) is 25.8 Å². The second-order valence-electron chi connectivity index (χ2n) is 6.43. The Morgan fingerprint density at radius 3 is 2.84 bits per heavy atom. The Kier molecular flexibility index (Phi) is 5.71. The van der Waals surface area contributed by atoms with Gasteiger partial charge in [0.15, 0.2) is 0 Å². The number of hydrogen-bond acceptors (Lipinski definition) is 5. The number of carbonyl (C=O) groups is 2. The summed E-state index contributed by atoms with van der Waals surface area (Å²) in [5.74, 6) is -0.276. The van der Waals surface area contributed by atoms with E-state index in [9.17, 15) is 9.59 Å². The van der Waals surface area contributed by atoms with Crippen molar-refractivity contribution in [2.75, 3.05) is 26.2 Å². The third-order valence-electron chi connectivity index (χ3n) is 4.66. The number of hydrazine groups is 1. The predicted octanol–water partition coefficient (Wildman–Crippen LogP) is 1.86. The van der Waals surface area contributed by atoms with Crippen LogP contribution in [0.25, 0.3) is 0 Å². The molecular formula is C19H25N3O3. The Labute approximate surface area is 148 Å². The van der Waals surface area contributed by atoms with Crippen molar-refractivity contribution in [3.8, 4) is 0 Å². The Bertz CT molecular complexity index is 632. The van der Waals surface area contributed by atoms with Gasteiger partial charge in [-0.3, -0.25) is 14.5 Å². The van der Waals surface area contributed by atoms with Crippen molar-refractivity contribution in [3.63, 3.8) is 0 Å². The van der Waals surface area contributed by atoms with Crippen molar-refractivity contribution in [1.29, 1.82) is 0 Å². The van der Waals surface area contributed by atoms with Crippen LogP contribution in [0.2, 0.25) is 0 Å². The molecule has 3 rings (SSSR count). The van der Waals surface area contributed by atoms with E-state index in [4.69, 9.17) is 4.74 Å². The molecule has 1 saturated heterocycles. The highest BCUT2D eigenvalue weighted by atomic mass is 16.5. The number of ether oxygens (including phenoxy) is 1. The third kappa shape index (κ3) is 4.20. The lowest BCUT2D eigenvalue weighted by atomic mass is 9.98. The minimum absolute atomic E-state index is 0.00311. The molecule has 2 aliphatic rings. The van der Waals surface area contributed by atoms with Crippen LogP contribution in [-0.4, -0.2) is 48.0 Å². The molecule has 0 spiro atoms. The molecule has 2 heterocycles. The number of benzene rings is 1. The van der Waals surface area contributed by atoms with E-state index in [0.717, 1.165) is 24.9 Å². The predicted molar refractivity (Wildman–Crippen MR) is 94.1 cm³/mol. The first-order chi connectivity index (χ1) is 12.2. The monoisotopic (exact) mass is 343 g/mol. The third-order valence-corrected chi connectivity index (χ3v) is 4.66. The van der Waals surface area contributed by atoms with Gasteiger partial charge in [-0.05, 0) is 37.9 Å². The number of nitrogens with one attached hydrogen (secondary N) is 1. The van der Waals surface area contributed by atoms with Gasteiger partial charge in [-0.1, -0.05) is 30.3 Å². The summed E-state index contributed by atoms with van der Waals surface area (Å²) < 4.78 is 5.13. The van der Waals surface area contributed by atoms with Crippen molar-refractivity contribution in [1.82, 2.24) is 15.3 Å². The van der Waals surface area contributed by atoms with E-state index in [1.807, 2.05) is 43.3 Å². The average molecular weight is 343 g/mol. The van der Waals surface area contributed by atoms with E-state index in [0.29, 0.717) is 19.7 Å². The number of likely N-dealkylation sites (tertiary alicyclic amines) is 1. The number of piperidine rings is 1. The maximum absolute atomic E-state index is 12.8. The molecule has 1 aromatic carbocycles. The van der Waals surface area contributed by atoms with Gasteiger partial charge in [-0.25, -0.2) is 5.01 Å². The number of carbonyl (C=O) groups excluding carboxylic acids is 2. The van der Waals surface area contributed by atoms with Crippen LogP contribution >= 0.6 is 0 Å². The van der Waals surface area contributed by atoms with Crippen LogP contribution in [0.15, 0.2) is 42.6 Å². The number of esters is 1. The second kappa shape index (κ2) is 8.16. The lowest BCUT2D eigenvalue weighted by Crippen LogP contribution is -2.48. The number of hydrogen-bond donors (Lipinski definition) is 1. The zero-order chi connectivity index (χ0) is 17.6. The lowest BCUT2D eigenvalue weighted by Gasteiger charge is -2.33. The van der Waals surface area contributed by atoms with Gasteiger partial charge in [-0.2, -0.15) is 0 Å². The van der Waals surface area contributed by atoms with Crippen LogP contribution in [0.1, 0.15) is 31.4 Å². The van der Waals surface area contributed by atoms with Crippen molar-refractivity contribution < 1.29 is 14.3 Å². The minimum atomic E-state index is -0.150. The Hall–Kier alpha value is -2.34. The molecule has 0 radical (unpaired) electrons. The van der Waals surface area contributed by atoms with Gasteiger partial charge >= 0.3 is 5.97 Å². The molecule has 1 amide bonds. The molecule has 6 nitrogen and oxygen atoms in total. The van der Waals surface area contributed by atoms with Gasteiger partial charge < -0.3 is 10.2 Å². The standard InChI is InChI=1S/C19H25N3O3/c1-2-25-19(24)16-9-6-12-21(13-16)14-18(23)22-17(10-11-20-22)15-7-4-3-5-8-15/h3-5,7-8,10-11,16-17,20H,2,6,9,12-14H2,1H3. The fourth-order valence-electron chi connectivity index (χ4n) is 3.44. The molecule has 6 heteroatoms. The summed E-state index contributed by atoms with van der Waals surface area (Å²) in [7, 11) is 0. The number of rotatable bonds is 5. The smallest absolute Gasteiger partial charge is 0.310 e. The fourth-order valence-corrected chi connectivity index (χ4v) is 3.44. The maximum atomic E-state index is 12.8. The van der Waals surface area contributed by atoms with Gasteiger partial charge in [0.2, 0.25) is 0 Å². The molecular weight excluding hydrogens is 318 g/mol. The molecule has 134 valence electrons. The van der Waals surface area contributed by atoms with E-state index in [1.54, 1.807) is 11.2 Å². The first-order valence-corrected chi connectivity index (χ1v) is 8.88. The highest BCUT2D eigenvalue weighted by Crippen LogP contribution is 2.25. The quantitative estimate of drug-likeness (QED) is 0.827. The van der Waals surface area contributed by atoms with Crippen LogP contribution in [0.3, 0.4) is 0 Å². The molecule has 0 aliphatic carbocycles. The Balaban J connectivity index is 1.59. The first-order valence-electron chi connectivity index (χ1n) is 8.88. The summed E-state index contributed by atoms with van der Waals surface area (Å²) in [6.07, 6.45) is 5.52. The largest absolute Gasteiger partial charge is 0.466 e. The Morgan fingerprint density at radius 1 is 1.28 bits per heavy atom. The molecule has 0 aromatic heterocycles. The zero-order valence-corrected chi connectivity index (χ0v) is 14.6. The molecule has 0 saturated carbocycles. The Morgan fingerprint density at radius 2 is 2.08 bits per heavy atom. The van der Waals surface area contributed by atoms with Gasteiger partial charge in [0, 0.05) is 12.7 Å². The van der Waals surface area contributed by atoms with Crippen LogP contribution in [-0.2, 0) is 14.3 Å². The van der Waals surface area contributed by atoms with Crippen LogP contribution in [0.5, 0.6) is 0 Å².